The number of imidazole rings is 1. The molecule has 0 saturated carbocycles. The van der Waals surface area contributed by atoms with Gasteiger partial charge >= 0.3 is 0 Å². The minimum absolute atomic E-state index is 0.710. The van der Waals surface area contributed by atoms with Gasteiger partial charge in [-0.2, -0.15) is 0 Å². The van der Waals surface area contributed by atoms with Crippen molar-refractivity contribution in [1.82, 2.24) is 8.97 Å². The molecule has 4 aromatic rings. The van der Waals surface area contributed by atoms with Crippen molar-refractivity contribution in [2.75, 3.05) is 0 Å². The number of aryl methyl sites for hydroxylation is 1. The van der Waals surface area contributed by atoms with Gasteiger partial charge in [0.25, 0.3) is 5.82 Å². The number of hydrogen-bond donors (Lipinski definition) is 0. The molecule has 3 heteroatoms. The summed E-state index contributed by atoms with van der Waals surface area (Å²) in [5, 5.41) is 0. The summed E-state index contributed by atoms with van der Waals surface area (Å²) >= 11 is 0. The summed E-state index contributed by atoms with van der Waals surface area (Å²) in [6, 6.07) is 13.9. The first-order valence-electron chi connectivity index (χ1n) is 8.18. The fourth-order valence-corrected chi connectivity index (χ4v) is 3.33. The molecule has 4 heterocycles. The molecule has 0 saturated heterocycles. The highest BCUT2D eigenvalue weighted by Crippen LogP contribution is 2.34. The number of hydrogen-bond acceptors (Lipinski definition) is 0. The Hall–Kier alpha value is -2.55. The quantitative estimate of drug-likeness (QED) is 0.381. The molecule has 20 heavy (non-hydrogen) atoms. The van der Waals surface area contributed by atoms with Crippen molar-refractivity contribution < 1.29 is 8.68 Å². The third kappa shape index (κ3) is 1.05. The largest absolute Gasteiger partial charge is 0.316 e. The van der Waals surface area contributed by atoms with Gasteiger partial charge in [-0.05, 0) is 18.2 Å². The number of rotatable bonds is 0. The molecule has 0 spiro atoms. The zero-order valence-corrected chi connectivity index (χ0v) is 10.7. The number of benzene rings is 1. The van der Waals surface area contributed by atoms with Crippen LogP contribution in [0.1, 0.15) is 9.68 Å². The standard InChI is InChI=1S/C17H14N3/c1-18-16-14-8-4-5-9-19(14)11-15(16)20-10-12-6-2-3-7-13(12)17(18)20/h2-9,11H,10H2,1H3/q+1/i1D3. The van der Waals surface area contributed by atoms with Crippen molar-refractivity contribution in [3.8, 4) is 11.4 Å². The fourth-order valence-electron chi connectivity index (χ4n) is 3.33. The van der Waals surface area contributed by atoms with E-state index in [1.807, 2.05) is 53.2 Å². The van der Waals surface area contributed by atoms with E-state index in [-0.39, 0.29) is 0 Å². The van der Waals surface area contributed by atoms with Crippen LogP contribution < -0.4 is 4.57 Å². The Balaban J connectivity index is 2.01. The highest BCUT2D eigenvalue weighted by Gasteiger charge is 2.33. The molecule has 0 N–H and O–H groups in total. The van der Waals surface area contributed by atoms with Crippen LogP contribution in [0.5, 0.6) is 0 Å². The van der Waals surface area contributed by atoms with Crippen LogP contribution in [-0.4, -0.2) is 8.97 Å². The van der Waals surface area contributed by atoms with Crippen LogP contribution in [0.15, 0.2) is 54.9 Å². The van der Waals surface area contributed by atoms with Crippen LogP contribution in [-0.2, 0) is 13.5 Å². The van der Waals surface area contributed by atoms with Crippen LogP contribution in [0.3, 0.4) is 0 Å². The fraction of sp³-hybridized carbons (Fsp3) is 0.118. The topological polar surface area (TPSA) is 13.2 Å². The molecule has 1 aliphatic heterocycles. The number of pyridine rings is 1. The smallest absolute Gasteiger partial charge is 0.290 e. The molecular weight excluding hydrogens is 246 g/mol. The van der Waals surface area contributed by atoms with E-state index in [4.69, 9.17) is 4.11 Å². The molecule has 3 nitrogen and oxygen atoms in total. The summed E-state index contributed by atoms with van der Waals surface area (Å²) in [4.78, 5) is 0. The van der Waals surface area contributed by atoms with Gasteiger partial charge < -0.3 is 4.40 Å². The van der Waals surface area contributed by atoms with Gasteiger partial charge in [-0.1, -0.05) is 24.3 Å². The van der Waals surface area contributed by atoms with E-state index in [0.29, 0.717) is 6.54 Å². The Kier molecular flexibility index (Phi) is 1.31. The van der Waals surface area contributed by atoms with Crippen LogP contribution in [0.4, 0.5) is 0 Å². The second-order valence-corrected chi connectivity index (χ2v) is 5.26. The van der Waals surface area contributed by atoms with Gasteiger partial charge in [-0.25, -0.2) is 9.13 Å². The Morgan fingerprint density at radius 2 is 2.00 bits per heavy atom. The normalized spacial score (nSPS) is 15.9. The van der Waals surface area contributed by atoms with Crippen molar-refractivity contribution in [1.29, 1.82) is 0 Å². The highest BCUT2D eigenvalue weighted by atomic mass is 15.2. The van der Waals surface area contributed by atoms with Crippen LogP contribution >= 0.6 is 0 Å². The van der Waals surface area contributed by atoms with E-state index >= 15 is 0 Å². The summed E-state index contributed by atoms with van der Waals surface area (Å²) in [7, 11) is 0. The van der Waals surface area contributed by atoms with Crippen LogP contribution in [0.2, 0.25) is 0 Å². The number of nitrogens with zero attached hydrogens (tertiary/aromatic N) is 3. The molecule has 0 amide bonds. The number of aromatic nitrogens is 3. The molecule has 3 aromatic heterocycles. The predicted octanol–water partition coefficient (Wildman–Crippen LogP) is 2.75. The lowest BCUT2D eigenvalue weighted by Gasteiger charge is -1.96. The summed E-state index contributed by atoms with van der Waals surface area (Å²) in [6.07, 6.45) is 3.97. The van der Waals surface area contributed by atoms with Crippen molar-refractivity contribution in [2.24, 2.45) is 6.98 Å². The Bertz CT molecular complexity index is 1090. The SMILES string of the molecule is [2H]C([2H])([2H])[n+]1c2n(c3cn4ccccc4c31)Cc1ccccc1-2. The first-order chi connectivity index (χ1) is 11.1. The minimum atomic E-state index is -2.23. The summed E-state index contributed by atoms with van der Waals surface area (Å²) in [6.45, 7) is -1.52. The molecule has 0 atom stereocenters. The molecule has 96 valence electrons. The second-order valence-electron chi connectivity index (χ2n) is 5.26. The predicted molar refractivity (Wildman–Crippen MR) is 78.6 cm³/mol. The van der Waals surface area contributed by atoms with E-state index in [1.54, 1.807) is 0 Å². The maximum Gasteiger partial charge on any atom is 0.290 e. The van der Waals surface area contributed by atoms with Gasteiger partial charge in [-0.15, -0.1) is 0 Å². The van der Waals surface area contributed by atoms with E-state index in [1.165, 1.54) is 4.57 Å². The lowest BCUT2D eigenvalue weighted by molar-refractivity contribution is -0.633. The van der Waals surface area contributed by atoms with Crippen LogP contribution in [0, 0.1) is 0 Å². The van der Waals surface area contributed by atoms with Crippen molar-refractivity contribution in [3.05, 3.63) is 60.4 Å². The summed E-state index contributed by atoms with van der Waals surface area (Å²) < 4.78 is 29.8. The minimum Gasteiger partial charge on any atom is -0.316 e. The van der Waals surface area contributed by atoms with Crippen molar-refractivity contribution in [3.63, 3.8) is 0 Å². The third-order valence-corrected chi connectivity index (χ3v) is 4.21. The molecule has 0 unspecified atom stereocenters. The van der Waals surface area contributed by atoms with E-state index in [9.17, 15) is 0 Å². The zero-order chi connectivity index (χ0) is 15.8. The Labute approximate surface area is 120 Å². The van der Waals surface area contributed by atoms with E-state index in [0.717, 1.165) is 33.5 Å². The van der Waals surface area contributed by atoms with Crippen molar-refractivity contribution >= 4 is 16.6 Å². The molecule has 0 radical (unpaired) electrons. The molecule has 1 aromatic carbocycles. The molecule has 0 fully saturated rings. The molecule has 0 aliphatic carbocycles. The third-order valence-electron chi connectivity index (χ3n) is 4.21. The monoisotopic (exact) mass is 263 g/mol. The summed E-state index contributed by atoms with van der Waals surface area (Å²) in [5.41, 5.74) is 4.82. The van der Waals surface area contributed by atoms with Gasteiger partial charge in [-0.3, -0.25) is 0 Å². The van der Waals surface area contributed by atoms with Crippen LogP contribution in [0.25, 0.3) is 27.9 Å². The Morgan fingerprint density at radius 1 is 1.10 bits per heavy atom. The highest BCUT2D eigenvalue weighted by molar-refractivity contribution is 5.92. The Morgan fingerprint density at radius 3 is 2.95 bits per heavy atom. The molecule has 5 rings (SSSR count). The maximum atomic E-state index is 8.07. The first kappa shape index (κ1) is 7.90. The molecule has 1 aliphatic rings. The van der Waals surface area contributed by atoms with Gasteiger partial charge in [0.15, 0.2) is 11.0 Å². The molecular formula is C17H14N3+. The average molecular weight is 263 g/mol. The van der Waals surface area contributed by atoms with Crippen molar-refractivity contribution in [2.45, 2.75) is 6.54 Å². The maximum absolute atomic E-state index is 8.07. The zero-order valence-electron chi connectivity index (χ0n) is 13.7. The summed E-state index contributed by atoms with van der Waals surface area (Å²) in [5.74, 6) is 0.775. The lowest BCUT2D eigenvalue weighted by atomic mass is 10.1. The second kappa shape index (κ2) is 3.31. The van der Waals surface area contributed by atoms with Gasteiger partial charge in [0.2, 0.25) is 0 Å². The first-order valence-corrected chi connectivity index (χ1v) is 6.68. The van der Waals surface area contributed by atoms with E-state index in [2.05, 4.69) is 10.6 Å². The number of fused-ring (bicyclic) bond motifs is 7. The van der Waals surface area contributed by atoms with Gasteiger partial charge in [0.05, 0.1) is 28.4 Å². The van der Waals surface area contributed by atoms with Gasteiger partial charge in [0.1, 0.15) is 6.54 Å². The van der Waals surface area contributed by atoms with E-state index < -0.39 is 6.98 Å². The molecule has 0 bridgehead atoms. The average Bonchev–Trinajstić information content (AvgIpc) is 3.13. The van der Waals surface area contributed by atoms with Gasteiger partial charge in [0, 0.05) is 11.8 Å². The lowest BCUT2D eigenvalue weighted by Crippen LogP contribution is -2.29.